The predicted octanol–water partition coefficient (Wildman–Crippen LogP) is 1.03. The number of carboxylic acids is 2. The van der Waals surface area contributed by atoms with Gasteiger partial charge in [0.2, 0.25) is 0 Å². The molecule has 0 saturated heterocycles. The number of nitrogens with zero attached hydrogens (tertiary/aromatic N) is 2. The van der Waals surface area contributed by atoms with Gasteiger partial charge >= 0.3 is 11.9 Å². The van der Waals surface area contributed by atoms with Crippen LogP contribution in [0.3, 0.4) is 0 Å². The topological polar surface area (TPSA) is 100 Å². The number of carbonyl (C=O) groups is 2. The van der Waals surface area contributed by atoms with Gasteiger partial charge in [-0.25, -0.2) is 19.6 Å². The summed E-state index contributed by atoms with van der Waals surface area (Å²) >= 11 is 0. The van der Waals surface area contributed by atoms with E-state index in [1.54, 1.807) is 0 Å². The molecule has 0 aliphatic carbocycles. The summed E-state index contributed by atoms with van der Waals surface area (Å²) in [5.41, 5.74) is -0.464. The van der Waals surface area contributed by atoms with Gasteiger partial charge < -0.3 is 10.2 Å². The fourth-order valence-corrected chi connectivity index (χ4v) is 1.45. The maximum absolute atomic E-state index is 11.0. The fourth-order valence-electron chi connectivity index (χ4n) is 1.45. The predicted molar refractivity (Wildman–Crippen MR) is 53.5 cm³/mol. The Balaban J connectivity index is 2.90. The van der Waals surface area contributed by atoms with Crippen LogP contribution >= 0.6 is 0 Å². The van der Waals surface area contributed by atoms with E-state index in [4.69, 9.17) is 10.2 Å². The van der Waals surface area contributed by atoms with E-state index in [9.17, 15) is 9.59 Å². The second-order valence-electron chi connectivity index (χ2n) is 3.06. The minimum absolute atomic E-state index is 0.127. The zero-order valence-corrected chi connectivity index (χ0v) is 7.91. The van der Waals surface area contributed by atoms with E-state index >= 15 is 0 Å². The molecule has 2 N–H and O–H groups in total. The Morgan fingerprint density at radius 1 is 1.12 bits per heavy atom. The molecule has 0 aliphatic heterocycles. The van der Waals surface area contributed by atoms with Crippen LogP contribution in [0.5, 0.6) is 0 Å². The Morgan fingerprint density at radius 3 is 2.50 bits per heavy atom. The SMILES string of the molecule is O=C(O)c1ccc2cncnc2c1C(=O)O. The van der Waals surface area contributed by atoms with E-state index < -0.39 is 11.9 Å². The highest BCUT2D eigenvalue weighted by atomic mass is 16.4. The molecule has 0 bridgehead atoms. The molecule has 1 aromatic heterocycles. The second kappa shape index (κ2) is 3.58. The number of hydrogen-bond acceptors (Lipinski definition) is 4. The minimum Gasteiger partial charge on any atom is -0.478 e. The van der Waals surface area contributed by atoms with E-state index in [0.717, 1.165) is 0 Å². The average molecular weight is 218 g/mol. The minimum atomic E-state index is -1.32. The normalized spacial score (nSPS) is 10.2. The largest absolute Gasteiger partial charge is 0.478 e. The van der Waals surface area contributed by atoms with Gasteiger partial charge in [0.1, 0.15) is 11.9 Å². The van der Waals surface area contributed by atoms with Crippen molar-refractivity contribution in [2.24, 2.45) is 0 Å². The summed E-state index contributed by atoms with van der Waals surface area (Å²) in [6, 6.07) is 2.71. The number of aromatic carboxylic acids is 2. The number of rotatable bonds is 2. The number of aromatic nitrogens is 2. The first kappa shape index (κ1) is 10.0. The van der Waals surface area contributed by atoms with Crippen LogP contribution in [0.2, 0.25) is 0 Å². The Bertz CT molecular complexity index is 594. The third-order valence-corrected chi connectivity index (χ3v) is 2.12. The number of carboxylic acid groups (broad SMARTS) is 2. The summed E-state index contributed by atoms with van der Waals surface area (Å²) in [6.45, 7) is 0. The van der Waals surface area contributed by atoms with Gasteiger partial charge in [-0.2, -0.15) is 0 Å². The van der Waals surface area contributed by atoms with Crippen molar-refractivity contribution in [2.75, 3.05) is 0 Å². The summed E-state index contributed by atoms with van der Waals surface area (Å²) in [5, 5.41) is 18.3. The van der Waals surface area contributed by atoms with E-state index in [-0.39, 0.29) is 16.6 Å². The van der Waals surface area contributed by atoms with Gasteiger partial charge in [0.15, 0.2) is 0 Å². The molecule has 80 valence electrons. The molecule has 0 atom stereocenters. The molecule has 0 spiro atoms. The molecule has 0 amide bonds. The van der Waals surface area contributed by atoms with E-state index in [1.165, 1.54) is 24.7 Å². The van der Waals surface area contributed by atoms with Crippen LogP contribution in [0.15, 0.2) is 24.7 Å². The first-order valence-corrected chi connectivity index (χ1v) is 4.30. The second-order valence-corrected chi connectivity index (χ2v) is 3.06. The highest BCUT2D eigenvalue weighted by Crippen LogP contribution is 2.19. The van der Waals surface area contributed by atoms with Crippen LogP contribution in [0.1, 0.15) is 20.7 Å². The van der Waals surface area contributed by atoms with Gasteiger partial charge in [0.05, 0.1) is 11.1 Å². The quantitative estimate of drug-likeness (QED) is 0.780. The van der Waals surface area contributed by atoms with Gasteiger partial charge in [-0.3, -0.25) is 0 Å². The molecule has 1 aromatic carbocycles. The van der Waals surface area contributed by atoms with Crippen molar-refractivity contribution in [2.45, 2.75) is 0 Å². The Hall–Kier alpha value is -2.50. The van der Waals surface area contributed by atoms with Crippen LogP contribution in [-0.4, -0.2) is 32.1 Å². The van der Waals surface area contributed by atoms with Gasteiger partial charge in [0, 0.05) is 11.6 Å². The lowest BCUT2D eigenvalue weighted by Crippen LogP contribution is -2.09. The Morgan fingerprint density at radius 2 is 1.88 bits per heavy atom. The molecule has 2 aromatic rings. The first-order valence-electron chi connectivity index (χ1n) is 4.30. The first-order chi connectivity index (χ1) is 7.61. The molecule has 6 nitrogen and oxygen atoms in total. The van der Waals surface area contributed by atoms with Crippen molar-refractivity contribution in [1.29, 1.82) is 0 Å². The molecule has 0 fully saturated rings. The molecule has 16 heavy (non-hydrogen) atoms. The van der Waals surface area contributed by atoms with Crippen molar-refractivity contribution in [3.8, 4) is 0 Å². The van der Waals surface area contributed by atoms with E-state index in [2.05, 4.69) is 9.97 Å². The number of hydrogen-bond donors (Lipinski definition) is 2. The zero-order valence-electron chi connectivity index (χ0n) is 7.91. The summed E-state index contributed by atoms with van der Waals surface area (Å²) in [6.07, 6.45) is 2.61. The van der Waals surface area contributed by atoms with Crippen LogP contribution < -0.4 is 0 Å². The van der Waals surface area contributed by atoms with Crippen LogP contribution in [-0.2, 0) is 0 Å². The number of benzene rings is 1. The van der Waals surface area contributed by atoms with Crippen molar-refractivity contribution in [3.63, 3.8) is 0 Å². The van der Waals surface area contributed by atoms with Crippen molar-refractivity contribution in [1.82, 2.24) is 9.97 Å². The molecule has 0 unspecified atom stereocenters. The molecular weight excluding hydrogens is 212 g/mol. The van der Waals surface area contributed by atoms with E-state index in [1.807, 2.05) is 0 Å². The van der Waals surface area contributed by atoms with Crippen molar-refractivity contribution < 1.29 is 19.8 Å². The highest BCUT2D eigenvalue weighted by Gasteiger charge is 2.19. The summed E-state index contributed by atoms with van der Waals surface area (Å²) in [7, 11) is 0. The lowest BCUT2D eigenvalue weighted by molar-refractivity contribution is 0.0653. The molecule has 0 saturated carbocycles. The molecular formula is C10H6N2O4. The van der Waals surface area contributed by atoms with Crippen molar-refractivity contribution in [3.05, 3.63) is 35.8 Å². The van der Waals surface area contributed by atoms with Gasteiger partial charge in [0.25, 0.3) is 0 Å². The average Bonchev–Trinajstić information content (AvgIpc) is 2.27. The third-order valence-electron chi connectivity index (χ3n) is 2.12. The number of fused-ring (bicyclic) bond motifs is 1. The summed E-state index contributed by atoms with van der Waals surface area (Å²) in [4.78, 5) is 29.4. The summed E-state index contributed by atoms with van der Waals surface area (Å²) in [5.74, 6) is -2.61. The van der Waals surface area contributed by atoms with Crippen molar-refractivity contribution >= 4 is 22.8 Å². The van der Waals surface area contributed by atoms with Crippen LogP contribution in [0, 0.1) is 0 Å². The lowest BCUT2D eigenvalue weighted by Gasteiger charge is -2.04. The third kappa shape index (κ3) is 1.46. The molecule has 1 heterocycles. The highest BCUT2D eigenvalue weighted by molar-refractivity contribution is 6.10. The fraction of sp³-hybridized carbons (Fsp3) is 0. The molecule has 6 heteroatoms. The summed E-state index contributed by atoms with van der Waals surface area (Å²) < 4.78 is 0. The standard InChI is InChI=1S/C10H6N2O4/c13-9(14)6-2-1-5-3-11-4-12-8(5)7(6)10(15)16/h1-4H,(H,13,14)(H,15,16). The van der Waals surface area contributed by atoms with Gasteiger partial charge in [-0.05, 0) is 6.07 Å². The van der Waals surface area contributed by atoms with Gasteiger partial charge in [-0.15, -0.1) is 0 Å². The van der Waals surface area contributed by atoms with E-state index in [0.29, 0.717) is 5.39 Å². The molecule has 2 rings (SSSR count). The Kier molecular flexibility index (Phi) is 2.24. The molecule has 0 radical (unpaired) electrons. The Labute approximate surface area is 89.2 Å². The monoisotopic (exact) mass is 218 g/mol. The lowest BCUT2D eigenvalue weighted by atomic mass is 10.0. The van der Waals surface area contributed by atoms with Crippen LogP contribution in [0.4, 0.5) is 0 Å². The van der Waals surface area contributed by atoms with Gasteiger partial charge in [-0.1, -0.05) is 6.07 Å². The maximum Gasteiger partial charge on any atom is 0.338 e. The maximum atomic E-state index is 11.0. The smallest absolute Gasteiger partial charge is 0.338 e. The zero-order chi connectivity index (χ0) is 11.7. The van der Waals surface area contributed by atoms with Crippen LogP contribution in [0.25, 0.3) is 10.9 Å². The molecule has 0 aliphatic rings.